The van der Waals surface area contributed by atoms with Crippen molar-refractivity contribution in [1.82, 2.24) is 9.78 Å². The fourth-order valence-electron chi connectivity index (χ4n) is 2.10. The van der Waals surface area contributed by atoms with Gasteiger partial charge in [0.2, 0.25) is 0 Å². The van der Waals surface area contributed by atoms with Crippen molar-refractivity contribution >= 4 is 0 Å². The van der Waals surface area contributed by atoms with Crippen molar-refractivity contribution in [3.05, 3.63) is 41.2 Å². The van der Waals surface area contributed by atoms with Gasteiger partial charge in [0.25, 0.3) is 0 Å². The van der Waals surface area contributed by atoms with Crippen molar-refractivity contribution in [1.29, 1.82) is 0 Å². The lowest BCUT2D eigenvalue weighted by molar-refractivity contribution is 0.653. The Morgan fingerprint density at radius 3 is 2.53 bits per heavy atom. The minimum absolute atomic E-state index is 0.592. The average molecular weight is 229 g/mol. The summed E-state index contributed by atoms with van der Waals surface area (Å²) in [6.45, 7) is 7.77. The number of aryl methyl sites for hydroxylation is 3. The second-order valence-electron chi connectivity index (χ2n) is 4.34. The minimum Gasteiger partial charge on any atom is -0.326 e. The first kappa shape index (κ1) is 11.9. The van der Waals surface area contributed by atoms with E-state index in [2.05, 4.69) is 50.3 Å². The lowest BCUT2D eigenvalue weighted by atomic mass is 9.99. The van der Waals surface area contributed by atoms with Crippen molar-refractivity contribution in [2.45, 2.75) is 33.9 Å². The van der Waals surface area contributed by atoms with E-state index in [9.17, 15) is 0 Å². The molecule has 17 heavy (non-hydrogen) atoms. The summed E-state index contributed by atoms with van der Waals surface area (Å²) in [4.78, 5) is 0. The number of hydrogen-bond acceptors (Lipinski definition) is 2. The van der Waals surface area contributed by atoms with Gasteiger partial charge in [-0.1, -0.05) is 18.2 Å². The Bertz CT molecular complexity index is 526. The third kappa shape index (κ3) is 2.24. The van der Waals surface area contributed by atoms with Crippen molar-refractivity contribution in [2.75, 3.05) is 0 Å². The van der Waals surface area contributed by atoms with Crippen LogP contribution in [0.2, 0.25) is 0 Å². The first-order chi connectivity index (χ1) is 8.15. The van der Waals surface area contributed by atoms with E-state index in [0.29, 0.717) is 6.54 Å². The molecule has 0 aliphatic heterocycles. The number of aromatic nitrogens is 2. The molecule has 0 atom stereocenters. The maximum absolute atomic E-state index is 5.65. The van der Waals surface area contributed by atoms with Crippen LogP contribution < -0.4 is 5.73 Å². The van der Waals surface area contributed by atoms with Crippen LogP contribution in [-0.2, 0) is 13.1 Å². The zero-order valence-electron chi connectivity index (χ0n) is 10.7. The van der Waals surface area contributed by atoms with Gasteiger partial charge in [-0.05, 0) is 37.5 Å². The van der Waals surface area contributed by atoms with E-state index >= 15 is 0 Å². The third-order valence-electron chi connectivity index (χ3n) is 3.09. The number of nitrogens with zero attached hydrogens (tertiary/aromatic N) is 2. The monoisotopic (exact) mass is 229 g/mol. The number of benzene rings is 1. The van der Waals surface area contributed by atoms with Crippen LogP contribution >= 0.6 is 0 Å². The van der Waals surface area contributed by atoms with Crippen molar-refractivity contribution in [2.24, 2.45) is 5.73 Å². The van der Waals surface area contributed by atoms with Gasteiger partial charge in [0.1, 0.15) is 0 Å². The maximum Gasteiger partial charge on any atom is 0.0672 e. The lowest BCUT2D eigenvalue weighted by Gasteiger charge is -2.06. The van der Waals surface area contributed by atoms with Gasteiger partial charge in [0.05, 0.1) is 5.69 Å². The Balaban J connectivity index is 2.48. The summed E-state index contributed by atoms with van der Waals surface area (Å²) in [6.07, 6.45) is 2.11. The van der Waals surface area contributed by atoms with Gasteiger partial charge in [0.15, 0.2) is 0 Å². The molecule has 3 nitrogen and oxygen atoms in total. The second-order valence-corrected chi connectivity index (χ2v) is 4.34. The quantitative estimate of drug-likeness (QED) is 0.879. The number of hydrogen-bond donors (Lipinski definition) is 1. The van der Waals surface area contributed by atoms with Crippen molar-refractivity contribution in [3.8, 4) is 11.1 Å². The predicted octanol–water partition coefficient (Wildman–Crippen LogP) is 2.65. The van der Waals surface area contributed by atoms with Gasteiger partial charge in [-0.25, -0.2) is 0 Å². The first-order valence-corrected chi connectivity index (χ1v) is 5.99. The van der Waals surface area contributed by atoms with Crippen LogP contribution in [0, 0.1) is 13.8 Å². The molecule has 2 N–H and O–H groups in total. The van der Waals surface area contributed by atoms with E-state index in [1.54, 1.807) is 0 Å². The van der Waals surface area contributed by atoms with E-state index in [-0.39, 0.29) is 0 Å². The molecule has 3 heteroatoms. The van der Waals surface area contributed by atoms with Crippen molar-refractivity contribution < 1.29 is 0 Å². The van der Waals surface area contributed by atoms with Gasteiger partial charge in [-0.3, -0.25) is 4.68 Å². The largest absolute Gasteiger partial charge is 0.326 e. The van der Waals surface area contributed by atoms with Gasteiger partial charge in [-0.15, -0.1) is 0 Å². The summed E-state index contributed by atoms with van der Waals surface area (Å²) in [5.41, 5.74) is 11.6. The highest BCUT2D eigenvalue weighted by atomic mass is 15.3. The zero-order valence-corrected chi connectivity index (χ0v) is 10.7. The van der Waals surface area contributed by atoms with Crippen LogP contribution in [0.1, 0.15) is 23.7 Å². The summed E-state index contributed by atoms with van der Waals surface area (Å²) in [5.74, 6) is 0. The lowest BCUT2D eigenvalue weighted by Crippen LogP contribution is -1.97. The smallest absolute Gasteiger partial charge is 0.0672 e. The predicted molar refractivity (Wildman–Crippen MR) is 70.7 cm³/mol. The van der Waals surface area contributed by atoms with E-state index in [0.717, 1.165) is 12.2 Å². The van der Waals surface area contributed by atoms with E-state index in [1.165, 1.54) is 22.3 Å². The van der Waals surface area contributed by atoms with Gasteiger partial charge in [-0.2, -0.15) is 5.10 Å². The molecule has 1 aromatic carbocycles. The summed E-state index contributed by atoms with van der Waals surface area (Å²) in [6, 6.07) is 6.38. The topological polar surface area (TPSA) is 43.8 Å². The van der Waals surface area contributed by atoms with Crippen LogP contribution in [-0.4, -0.2) is 9.78 Å². The molecule has 2 aromatic rings. The fraction of sp³-hybridized carbons (Fsp3) is 0.357. The summed E-state index contributed by atoms with van der Waals surface area (Å²) in [5, 5.41) is 4.48. The molecule has 0 fully saturated rings. The molecule has 1 aromatic heterocycles. The molecule has 2 rings (SSSR count). The highest BCUT2D eigenvalue weighted by Gasteiger charge is 2.09. The Kier molecular flexibility index (Phi) is 3.29. The fourth-order valence-corrected chi connectivity index (χ4v) is 2.10. The Morgan fingerprint density at radius 1 is 1.24 bits per heavy atom. The molecule has 0 saturated carbocycles. The Labute approximate surface area is 102 Å². The maximum atomic E-state index is 5.65. The normalized spacial score (nSPS) is 10.8. The van der Waals surface area contributed by atoms with Crippen LogP contribution in [0.4, 0.5) is 0 Å². The second kappa shape index (κ2) is 4.72. The zero-order chi connectivity index (χ0) is 12.4. The SMILES string of the molecule is CCn1cc(-c2ccc(CN)cc2C)c(C)n1. The molecule has 0 radical (unpaired) electrons. The molecule has 90 valence electrons. The van der Waals surface area contributed by atoms with E-state index < -0.39 is 0 Å². The van der Waals surface area contributed by atoms with Gasteiger partial charge >= 0.3 is 0 Å². The number of rotatable bonds is 3. The Morgan fingerprint density at radius 2 is 2.00 bits per heavy atom. The Hall–Kier alpha value is -1.61. The van der Waals surface area contributed by atoms with Crippen LogP contribution in [0.3, 0.4) is 0 Å². The molecule has 1 heterocycles. The molecule has 0 unspecified atom stereocenters. The number of nitrogens with two attached hydrogens (primary N) is 1. The average Bonchev–Trinajstić information content (AvgIpc) is 2.70. The molecule has 0 aliphatic carbocycles. The molecular weight excluding hydrogens is 210 g/mol. The minimum atomic E-state index is 0.592. The molecule has 0 bridgehead atoms. The van der Waals surface area contributed by atoms with E-state index in [4.69, 9.17) is 5.73 Å². The molecule has 0 spiro atoms. The van der Waals surface area contributed by atoms with Crippen LogP contribution in [0.15, 0.2) is 24.4 Å². The molecular formula is C14H19N3. The van der Waals surface area contributed by atoms with Crippen LogP contribution in [0.5, 0.6) is 0 Å². The highest BCUT2D eigenvalue weighted by molar-refractivity contribution is 5.69. The molecule has 0 amide bonds. The highest BCUT2D eigenvalue weighted by Crippen LogP contribution is 2.26. The first-order valence-electron chi connectivity index (χ1n) is 5.99. The van der Waals surface area contributed by atoms with Crippen LogP contribution in [0.25, 0.3) is 11.1 Å². The summed E-state index contributed by atoms with van der Waals surface area (Å²) in [7, 11) is 0. The summed E-state index contributed by atoms with van der Waals surface area (Å²) < 4.78 is 1.97. The van der Waals surface area contributed by atoms with Crippen molar-refractivity contribution in [3.63, 3.8) is 0 Å². The molecule has 0 aliphatic rings. The standard InChI is InChI=1S/C14H19N3/c1-4-17-9-14(11(3)16-17)13-6-5-12(8-15)7-10(13)2/h5-7,9H,4,8,15H2,1-3H3. The van der Waals surface area contributed by atoms with Gasteiger partial charge < -0.3 is 5.73 Å². The summed E-state index contributed by atoms with van der Waals surface area (Å²) >= 11 is 0. The molecule has 0 saturated heterocycles. The van der Waals surface area contributed by atoms with Gasteiger partial charge in [0, 0.05) is 24.8 Å². The third-order valence-corrected chi connectivity index (χ3v) is 3.09. The van der Waals surface area contributed by atoms with E-state index in [1.807, 2.05) is 4.68 Å².